The zero-order chi connectivity index (χ0) is 19.1. The van der Waals surface area contributed by atoms with Gasteiger partial charge in [-0.25, -0.2) is 0 Å². The fourth-order valence-corrected chi connectivity index (χ4v) is 4.39. The number of aryl methyl sites for hydroxylation is 1. The Hall–Kier alpha value is -1.56. The first-order valence-corrected chi connectivity index (χ1v) is 10.8. The molecule has 1 aliphatic heterocycles. The molecule has 0 spiro atoms. The highest BCUT2D eigenvalue weighted by atomic mass is 35.5. The number of likely N-dealkylation sites (tertiary alicyclic amines) is 1. The molecule has 0 radical (unpaired) electrons. The summed E-state index contributed by atoms with van der Waals surface area (Å²) in [6.07, 6.45) is 5.06. The van der Waals surface area contributed by atoms with E-state index in [1.165, 1.54) is 30.6 Å². The average Bonchev–Trinajstić information content (AvgIpc) is 3.06. The number of halogens is 1. The number of nitrogens with one attached hydrogen (secondary N) is 1. The monoisotopic (exact) mass is 406 g/mol. The van der Waals surface area contributed by atoms with Crippen LogP contribution in [0.15, 0.2) is 35.7 Å². The molecule has 6 heteroatoms. The minimum atomic E-state index is -0.0982. The lowest BCUT2D eigenvalue weighted by Crippen LogP contribution is -2.39. The molecule has 1 aromatic heterocycles. The number of nitrogens with zero attached hydrogens (tertiary/aromatic N) is 1. The number of thiophene rings is 1. The Balaban J connectivity index is 1.54. The van der Waals surface area contributed by atoms with E-state index in [0.717, 1.165) is 18.7 Å². The van der Waals surface area contributed by atoms with Gasteiger partial charge in [-0.05, 0) is 68.1 Å². The van der Waals surface area contributed by atoms with Gasteiger partial charge in [0.05, 0.1) is 6.04 Å². The molecule has 4 nitrogen and oxygen atoms in total. The minimum absolute atomic E-state index is 0.0121. The van der Waals surface area contributed by atoms with Crippen molar-refractivity contribution in [2.75, 3.05) is 26.2 Å². The van der Waals surface area contributed by atoms with Crippen LogP contribution in [0.25, 0.3) is 0 Å². The fourth-order valence-electron chi connectivity index (χ4n) is 3.41. The molecule has 0 bridgehead atoms. The van der Waals surface area contributed by atoms with Gasteiger partial charge in [-0.2, -0.15) is 0 Å². The number of carbonyl (C=O) groups is 1. The van der Waals surface area contributed by atoms with Crippen LogP contribution in [0.3, 0.4) is 0 Å². The molecule has 1 unspecified atom stereocenters. The first kappa shape index (κ1) is 20.2. The second-order valence-electron chi connectivity index (χ2n) is 6.99. The van der Waals surface area contributed by atoms with Gasteiger partial charge in [0.1, 0.15) is 5.75 Å². The van der Waals surface area contributed by atoms with Crippen molar-refractivity contribution >= 4 is 28.8 Å². The standard InChI is InChI=1S/C21H27ClN2O2S/c1-16-13-17(8-9-18(16)22)26-15-21(25)23-14-19(20-7-6-12-27-20)24-10-4-2-3-5-11-24/h6-9,12-13,19H,2-5,10-11,14-15H2,1H3,(H,23,25). The number of ether oxygens (including phenoxy) is 1. The van der Waals surface area contributed by atoms with Gasteiger partial charge in [0.2, 0.25) is 0 Å². The third-order valence-corrected chi connectivity index (χ3v) is 6.34. The molecule has 1 N–H and O–H groups in total. The highest BCUT2D eigenvalue weighted by molar-refractivity contribution is 7.10. The molecule has 1 saturated heterocycles. The van der Waals surface area contributed by atoms with Crippen LogP contribution in [-0.4, -0.2) is 37.0 Å². The summed E-state index contributed by atoms with van der Waals surface area (Å²) in [6, 6.07) is 9.91. The van der Waals surface area contributed by atoms with Crippen molar-refractivity contribution in [3.8, 4) is 5.75 Å². The van der Waals surface area contributed by atoms with Gasteiger partial charge in [-0.1, -0.05) is 30.5 Å². The highest BCUT2D eigenvalue weighted by Gasteiger charge is 2.23. The Bertz CT molecular complexity index is 728. The maximum atomic E-state index is 12.3. The molecule has 27 heavy (non-hydrogen) atoms. The summed E-state index contributed by atoms with van der Waals surface area (Å²) in [4.78, 5) is 16.1. The average molecular weight is 407 g/mol. The Labute approximate surface area is 170 Å². The van der Waals surface area contributed by atoms with Crippen LogP contribution < -0.4 is 10.1 Å². The number of rotatable bonds is 7. The van der Waals surface area contributed by atoms with Crippen molar-refractivity contribution < 1.29 is 9.53 Å². The van der Waals surface area contributed by atoms with Gasteiger partial charge in [-0.3, -0.25) is 9.69 Å². The number of carbonyl (C=O) groups excluding carboxylic acids is 1. The molecular formula is C21H27ClN2O2S. The van der Waals surface area contributed by atoms with Gasteiger partial charge >= 0.3 is 0 Å². The summed E-state index contributed by atoms with van der Waals surface area (Å²) in [7, 11) is 0. The summed E-state index contributed by atoms with van der Waals surface area (Å²) < 4.78 is 5.61. The summed E-state index contributed by atoms with van der Waals surface area (Å²) in [5.41, 5.74) is 0.938. The smallest absolute Gasteiger partial charge is 0.258 e. The SMILES string of the molecule is Cc1cc(OCC(=O)NCC(c2cccs2)N2CCCCCC2)ccc1Cl. The van der Waals surface area contributed by atoms with Gasteiger partial charge in [-0.15, -0.1) is 11.3 Å². The maximum Gasteiger partial charge on any atom is 0.258 e. The second kappa shape index (κ2) is 10.1. The van der Waals surface area contributed by atoms with E-state index in [9.17, 15) is 4.79 Å². The van der Waals surface area contributed by atoms with E-state index in [0.29, 0.717) is 17.3 Å². The van der Waals surface area contributed by atoms with Crippen LogP contribution in [0.4, 0.5) is 0 Å². The van der Waals surface area contributed by atoms with Crippen molar-refractivity contribution in [2.45, 2.75) is 38.6 Å². The van der Waals surface area contributed by atoms with Crippen LogP contribution in [0.5, 0.6) is 5.75 Å². The van der Waals surface area contributed by atoms with Crippen molar-refractivity contribution in [3.05, 3.63) is 51.2 Å². The van der Waals surface area contributed by atoms with Crippen LogP contribution in [0.2, 0.25) is 5.02 Å². The summed E-state index contributed by atoms with van der Waals surface area (Å²) in [5, 5.41) is 5.86. The molecule has 1 aromatic carbocycles. The number of hydrogen-bond acceptors (Lipinski definition) is 4. The van der Waals surface area contributed by atoms with Crippen molar-refractivity contribution in [3.63, 3.8) is 0 Å². The highest BCUT2D eigenvalue weighted by Crippen LogP contribution is 2.27. The lowest BCUT2D eigenvalue weighted by molar-refractivity contribution is -0.123. The van der Waals surface area contributed by atoms with Crippen LogP contribution in [0.1, 0.15) is 42.2 Å². The van der Waals surface area contributed by atoms with Crippen LogP contribution >= 0.6 is 22.9 Å². The third-order valence-electron chi connectivity index (χ3n) is 4.94. The van der Waals surface area contributed by atoms with Crippen LogP contribution in [0, 0.1) is 6.92 Å². The molecule has 1 fully saturated rings. The van der Waals surface area contributed by atoms with E-state index in [-0.39, 0.29) is 18.6 Å². The van der Waals surface area contributed by atoms with Crippen molar-refractivity contribution in [2.24, 2.45) is 0 Å². The third kappa shape index (κ3) is 5.96. The van der Waals surface area contributed by atoms with Gasteiger partial charge in [0.25, 0.3) is 5.91 Å². The van der Waals surface area contributed by atoms with E-state index < -0.39 is 0 Å². The molecule has 1 atom stereocenters. The molecule has 2 heterocycles. The normalized spacial score (nSPS) is 16.5. The van der Waals surface area contributed by atoms with E-state index in [2.05, 4.69) is 27.7 Å². The van der Waals surface area contributed by atoms with E-state index in [1.54, 1.807) is 23.5 Å². The van der Waals surface area contributed by atoms with Crippen molar-refractivity contribution in [1.29, 1.82) is 0 Å². The molecule has 0 saturated carbocycles. The Morgan fingerprint density at radius 1 is 1.26 bits per heavy atom. The van der Waals surface area contributed by atoms with Gasteiger partial charge in [0.15, 0.2) is 6.61 Å². The maximum absolute atomic E-state index is 12.3. The fraction of sp³-hybridized carbons (Fsp3) is 0.476. The number of benzene rings is 1. The number of hydrogen-bond donors (Lipinski definition) is 1. The lowest BCUT2D eigenvalue weighted by Gasteiger charge is -2.30. The summed E-state index contributed by atoms with van der Waals surface area (Å²) in [5.74, 6) is 0.563. The predicted octanol–water partition coefficient (Wildman–Crippen LogP) is 4.82. The Morgan fingerprint density at radius 3 is 2.70 bits per heavy atom. The zero-order valence-corrected chi connectivity index (χ0v) is 17.3. The van der Waals surface area contributed by atoms with E-state index in [4.69, 9.17) is 16.3 Å². The van der Waals surface area contributed by atoms with Gasteiger partial charge in [0, 0.05) is 16.4 Å². The Kier molecular flexibility index (Phi) is 7.56. The molecule has 3 rings (SSSR count). The van der Waals surface area contributed by atoms with Crippen LogP contribution in [-0.2, 0) is 4.79 Å². The first-order valence-electron chi connectivity index (χ1n) is 9.56. The molecule has 0 aliphatic carbocycles. The topological polar surface area (TPSA) is 41.6 Å². The minimum Gasteiger partial charge on any atom is -0.484 e. The first-order chi connectivity index (χ1) is 13.1. The van der Waals surface area contributed by atoms with Crippen molar-refractivity contribution in [1.82, 2.24) is 10.2 Å². The largest absolute Gasteiger partial charge is 0.484 e. The van der Waals surface area contributed by atoms with E-state index >= 15 is 0 Å². The quantitative estimate of drug-likeness (QED) is 0.716. The summed E-state index contributed by atoms with van der Waals surface area (Å²) in [6.45, 7) is 4.74. The van der Waals surface area contributed by atoms with Gasteiger partial charge < -0.3 is 10.1 Å². The molecule has 1 aliphatic rings. The Morgan fingerprint density at radius 2 is 2.04 bits per heavy atom. The predicted molar refractivity (Wildman–Crippen MR) is 112 cm³/mol. The van der Waals surface area contributed by atoms with E-state index in [1.807, 2.05) is 13.0 Å². The molecule has 146 valence electrons. The number of amides is 1. The summed E-state index contributed by atoms with van der Waals surface area (Å²) >= 11 is 7.78. The second-order valence-corrected chi connectivity index (χ2v) is 8.37. The molecule has 1 amide bonds. The molecule has 2 aromatic rings. The zero-order valence-electron chi connectivity index (χ0n) is 15.7. The molecular weight excluding hydrogens is 380 g/mol. The lowest BCUT2D eigenvalue weighted by atomic mass is 10.2.